The number of rotatable bonds is 5. The minimum Gasteiger partial charge on any atom is -0.333 e. The van der Waals surface area contributed by atoms with Gasteiger partial charge in [0, 0.05) is 15.5 Å². The van der Waals surface area contributed by atoms with Crippen LogP contribution in [-0.2, 0) is 6.42 Å². The van der Waals surface area contributed by atoms with E-state index in [0.717, 1.165) is 18.4 Å². The molecule has 2 heteroatoms. The summed E-state index contributed by atoms with van der Waals surface area (Å²) in [6, 6.07) is 57.4. The van der Waals surface area contributed by atoms with E-state index in [-0.39, 0.29) is 0 Å². The van der Waals surface area contributed by atoms with Crippen molar-refractivity contribution in [2.75, 3.05) is 7.05 Å². The largest absolute Gasteiger partial charge is 0.333 e. The van der Waals surface area contributed by atoms with Crippen LogP contribution in [0.25, 0.3) is 76.8 Å². The summed E-state index contributed by atoms with van der Waals surface area (Å²) in [6.45, 7) is 8.44. The summed E-state index contributed by atoms with van der Waals surface area (Å²) in [5, 5.41) is 9.28. The Hall–Kier alpha value is -6.06. The van der Waals surface area contributed by atoms with Crippen molar-refractivity contribution in [2.24, 2.45) is 5.73 Å². The van der Waals surface area contributed by atoms with Crippen LogP contribution in [-0.4, -0.2) is 7.05 Å². The lowest BCUT2D eigenvalue weighted by molar-refractivity contribution is 0.939. The zero-order chi connectivity index (χ0) is 38.6. The number of benzene rings is 8. The zero-order valence-corrected chi connectivity index (χ0v) is 33.2. The molecule has 0 spiro atoms. The van der Waals surface area contributed by atoms with E-state index in [1.165, 1.54) is 98.8 Å². The molecule has 2 N–H and O–H groups in total. The van der Waals surface area contributed by atoms with Gasteiger partial charge in [0.15, 0.2) is 0 Å². The average Bonchev–Trinajstić information content (AvgIpc) is 3.62. The van der Waals surface area contributed by atoms with E-state index in [4.69, 9.17) is 0 Å². The second-order valence-electron chi connectivity index (χ2n) is 14.5. The number of hydrogen-bond donors (Lipinski definition) is 1. The first kappa shape index (κ1) is 36.9. The molecule has 0 aliphatic heterocycles. The van der Waals surface area contributed by atoms with E-state index in [0.29, 0.717) is 5.92 Å². The van der Waals surface area contributed by atoms with Crippen LogP contribution >= 0.6 is 11.3 Å². The lowest BCUT2D eigenvalue weighted by Crippen LogP contribution is -2.00. The third-order valence-electron chi connectivity index (χ3n) is 11.2. The number of fused-ring (bicyclic) bond motifs is 7. The monoisotopic (exact) mass is 741 g/mol. The molecule has 10 rings (SSSR count). The third kappa shape index (κ3) is 7.10. The summed E-state index contributed by atoms with van der Waals surface area (Å²) in [6.07, 6.45) is 8.76. The van der Waals surface area contributed by atoms with E-state index in [1.807, 2.05) is 17.4 Å². The van der Waals surface area contributed by atoms with Crippen molar-refractivity contribution in [1.82, 2.24) is 0 Å². The van der Waals surface area contributed by atoms with Gasteiger partial charge in [0.05, 0.1) is 0 Å². The van der Waals surface area contributed by atoms with Gasteiger partial charge in [-0.2, -0.15) is 0 Å². The molecular formula is C54H47NS. The van der Waals surface area contributed by atoms with Gasteiger partial charge in [0.2, 0.25) is 0 Å². The van der Waals surface area contributed by atoms with Crippen molar-refractivity contribution >= 4 is 65.9 Å². The molecule has 9 aromatic rings. The van der Waals surface area contributed by atoms with Crippen molar-refractivity contribution < 1.29 is 0 Å². The Balaban J connectivity index is 0.000000161. The molecule has 1 atom stereocenters. The SMILES string of the molecule is C=Cc1ccc(-c2ccc3ccc4ccccc4c3c2)cc1.CN.Cc1c([C@@H](C)c2cccc(-c3cc4ccccc4c4c3CCC=C4)c2)sc2ccccc12. The van der Waals surface area contributed by atoms with Crippen molar-refractivity contribution in [3.63, 3.8) is 0 Å². The van der Waals surface area contributed by atoms with E-state index in [9.17, 15) is 0 Å². The molecule has 1 aliphatic rings. The summed E-state index contributed by atoms with van der Waals surface area (Å²) in [5.74, 6) is 0.378. The molecule has 0 saturated heterocycles. The minimum atomic E-state index is 0.378. The molecule has 1 nitrogen and oxygen atoms in total. The predicted molar refractivity (Wildman–Crippen MR) is 248 cm³/mol. The van der Waals surface area contributed by atoms with E-state index in [1.54, 1.807) is 0 Å². The maximum Gasteiger partial charge on any atom is 0.0348 e. The Labute approximate surface area is 335 Å². The number of nitrogens with two attached hydrogens (primary N) is 1. The molecule has 8 aromatic carbocycles. The maximum atomic E-state index is 4.50. The molecule has 1 heterocycles. The summed E-state index contributed by atoms with van der Waals surface area (Å²) >= 11 is 1.94. The quantitative estimate of drug-likeness (QED) is 0.175. The smallest absolute Gasteiger partial charge is 0.0348 e. The fraction of sp³-hybridized carbons (Fsp3) is 0.111. The highest BCUT2D eigenvalue weighted by Gasteiger charge is 2.19. The van der Waals surface area contributed by atoms with Crippen molar-refractivity contribution in [3.8, 4) is 22.3 Å². The topological polar surface area (TPSA) is 26.0 Å². The van der Waals surface area contributed by atoms with Gasteiger partial charge in [-0.15, -0.1) is 11.3 Å². The Bertz CT molecular complexity index is 2870. The Morgan fingerprint density at radius 3 is 2.04 bits per heavy atom. The fourth-order valence-electron chi connectivity index (χ4n) is 8.29. The molecule has 0 unspecified atom stereocenters. The molecule has 56 heavy (non-hydrogen) atoms. The molecule has 274 valence electrons. The highest BCUT2D eigenvalue weighted by Crippen LogP contribution is 2.41. The van der Waals surface area contributed by atoms with Gasteiger partial charge < -0.3 is 5.73 Å². The lowest BCUT2D eigenvalue weighted by Gasteiger charge is -2.20. The number of thiophene rings is 1. The lowest BCUT2D eigenvalue weighted by atomic mass is 9.84. The Morgan fingerprint density at radius 2 is 1.27 bits per heavy atom. The second kappa shape index (κ2) is 16.4. The minimum absolute atomic E-state index is 0.378. The van der Waals surface area contributed by atoms with Crippen LogP contribution in [0.2, 0.25) is 0 Å². The maximum absolute atomic E-state index is 4.50. The molecule has 1 aromatic heterocycles. The van der Waals surface area contributed by atoms with Gasteiger partial charge in [-0.05, 0) is 133 Å². The summed E-state index contributed by atoms with van der Waals surface area (Å²) in [7, 11) is 1.50. The molecule has 0 saturated carbocycles. The van der Waals surface area contributed by atoms with Gasteiger partial charge >= 0.3 is 0 Å². The van der Waals surface area contributed by atoms with Gasteiger partial charge in [-0.3, -0.25) is 0 Å². The highest BCUT2D eigenvalue weighted by atomic mass is 32.1. The Morgan fingerprint density at radius 1 is 0.607 bits per heavy atom. The van der Waals surface area contributed by atoms with Gasteiger partial charge in [0.1, 0.15) is 0 Å². The predicted octanol–water partition coefficient (Wildman–Crippen LogP) is 15.0. The zero-order valence-electron chi connectivity index (χ0n) is 32.4. The molecule has 0 amide bonds. The van der Waals surface area contributed by atoms with Crippen molar-refractivity contribution in [1.29, 1.82) is 0 Å². The molecule has 0 bridgehead atoms. The van der Waals surface area contributed by atoms with Gasteiger partial charge in [0.25, 0.3) is 0 Å². The molecule has 1 aliphatic carbocycles. The molecule has 0 radical (unpaired) electrons. The van der Waals surface area contributed by atoms with E-state index < -0.39 is 0 Å². The summed E-state index contributed by atoms with van der Waals surface area (Å²) in [4.78, 5) is 1.48. The van der Waals surface area contributed by atoms with Gasteiger partial charge in [-0.1, -0.05) is 171 Å². The van der Waals surface area contributed by atoms with E-state index >= 15 is 0 Å². The molecule has 0 fully saturated rings. The number of aryl methyl sites for hydroxylation is 1. The van der Waals surface area contributed by atoms with Crippen LogP contribution in [0.1, 0.15) is 52.0 Å². The van der Waals surface area contributed by atoms with Crippen LogP contribution in [0.4, 0.5) is 0 Å². The fourth-order valence-corrected chi connectivity index (χ4v) is 9.58. The second-order valence-corrected chi connectivity index (χ2v) is 15.5. The highest BCUT2D eigenvalue weighted by molar-refractivity contribution is 7.19. The number of hydrogen-bond acceptors (Lipinski definition) is 2. The van der Waals surface area contributed by atoms with Crippen LogP contribution in [0.5, 0.6) is 0 Å². The van der Waals surface area contributed by atoms with Crippen molar-refractivity contribution in [3.05, 3.63) is 203 Å². The first-order valence-electron chi connectivity index (χ1n) is 19.6. The van der Waals surface area contributed by atoms with Gasteiger partial charge in [-0.25, -0.2) is 0 Å². The van der Waals surface area contributed by atoms with Crippen LogP contribution in [0.15, 0.2) is 170 Å². The Kier molecular flexibility index (Phi) is 10.8. The standard InChI is InChI=1S/C31H26S.C22H16.CH5N/c1-20(31-21(2)25-13-7-8-17-30(25)32-31)22-11-9-12-23(18-22)29-19-24-10-3-4-14-26(24)27-15-5-6-16-28(27)29;1-2-16-7-9-17(10-8-16)20-14-13-19-12-11-18-5-3-4-6-21(18)22(19)15-20;1-2/h3-5,7-15,17-20H,6,16H2,1-2H3;2-15H,1H2;2H2,1H3/t20-;;/m0../s1. The summed E-state index contributed by atoms with van der Waals surface area (Å²) in [5.41, 5.74) is 16.6. The first-order valence-corrected chi connectivity index (χ1v) is 20.4. The van der Waals surface area contributed by atoms with Crippen LogP contribution in [0, 0.1) is 6.92 Å². The molecular weight excluding hydrogens is 695 g/mol. The summed E-state index contributed by atoms with van der Waals surface area (Å²) < 4.78 is 1.39. The first-order chi connectivity index (χ1) is 27.6. The third-order valence-corrected chi connectivity index (χ3v) is 12.7. The number of allylic oxidation sites excluding steroid dienone is 1. The van der Waals surface area contributed by atoms with E-state index in [2.05, 4.69) is 196 Å². The van der Waals surface area contributed by atoms with Crippen molar-refractivity contribution in [2.45, 2.75) is 32.6 Å². The van der Waals surface area contributed by atoms with Crippen LogP contribution < -0.4 is 5.73 Å². The van der Waals surface area contributed by atoms with Crippen LogP contribution in [0.3, 0.4) is 0 Å². The average molecular weight is 742 g/mol. The normalized spacial score (nSPS) is 12.4.